The van der Waals surface area contributed by atoms with E-state index in [-0.39, 0.29) is 5.88 Å². The first-order valence-corrected chi connectivity index (χ1v) is 5.99. The fourth-order valence-electron chi connectivity index (χ4n) is 1.42. The molecule has 2 rings (SSSR count). The van der Waals surface area contributed by atoms with Crippen molar-refractivity contribution in [3.8, 4) is 17.7 Å². The van der Waals surface area contributed by atoms with Crippen molar-refractivity contribution < 1.29 is 4.74 Å². The number of pyridine rings is 1. The van der Waals surface area contributed by atoms with Gasteiger partial charge in [0.1, 0.15) is 17.4 Å². The topological polar surface area (TPSA) is 71.9 Å². The molecule has 0 unspecified atom stereocenters. The number of ether oxygens (including phenoxy) is 1. The molecule has 0 amide bonds. The van der Waals surface area contributed by atoms with Crippen LogP contribution in [-0.2, 0) is 0 Å². The molecule has 0 fully saturated rings. The van der Waals surface area contributed by atoms with Crippen molar-refractivity contribution in [2.24, 2.45) is 0 Å². The number of hydrogen-bond donors (Lipinski definition) is 1. The highest BCUT2D eigenvalue weighted by molar-refractivity contribution is 9.10. The van der Waals surface area contributed by atoms with E-state index in [9.17, 15) is 0 Å². The lowest BCUT2D eigenvalue weighted by Gasteiger charge is -2.08. The van der Waals surface area contributed by atoms with Crippen LogP contribution in [-0.4, -0.2) is 4.98 Å². The Kier molecular flexibility index (Phi) is 3.49. The van der Waals surface area contributed by atoms with Gasteiger partial charge in [0, 0.05) is 0 Å². The van der Waals surface area contributed by atoms with Gasteiger partial charge in [0.25, 0.3) is 0 Å². The first kappa shape index (κ1) is 12.4. The minimum Gasteiger partial charge on any atom is -0.436 e. The van der Waals surface area contributed by atoms with Crippen LogP contribution >= 0.6 is 15.9 Å². The molecule has 0 spiro atoms. The number of rotatable bonds is 2. The molecule has 0 aliphatic rings. The molecule has 1 aromatic heterocycles. The van der Waals surface area contributed by atoms with E-state index in [0.717, 1.165) is 10.0 Å². The first-order valence-electron chi connectivity index (χ1n) is 5.20. The normalized spacial score (nSPS) is 9.83. The molecule has 90 valence electrons. The predicted molar refractivity (Wildman–Crippen MR) is 72.3 cm³/mol. The second kappa shape index (κ2) is 5.07. The van der Waals surface area contributed by atoms with E-state index in [4.69, 9.17) is 15.7 Å². The van der Waals surface area contributed by atoms with Crippen LogP contribution in [0.4, 0.5) is 5.69 Å². The maximum atomic E-state index is 9.00. The maximum absolute atomic E-state index is 9.00. The van der Waals surface area contributed by atoms with E-state index in [2.05, 4.69) is 20.9 Å². The molecular weight excluding hydrogens is 294 g/mol. The predicted octanol–water partition coefficient (Wildman–Crippen LogP) is 3.40. The van der Waals surface area contributed by atoms with Gasteiger partial charge in [-0.3, -0.25) is 0 Å². The molecule has 0 aliphatic carbocycles. The lowest BCUT2D eigenvalue weighted by atomic mass is 10.2. The van der Waals surface area contributed by atoms with Gasteiger partial charge in [-0.05, 0) is 46.6 Å². The smallest absolute Gasteiger partial charge is 0.237 e. The van der Waals surface area contributed by atoms with E-state index < -0.39 is 0 Å². The van der Waals surface area contributed by atoms with Crippen molar-refractivity contribution in [2.75, 3.05) is 5.73 Å². The molecule has 0 saturated heterocycles. The van der Waals surface area contributed by atoms with Crippen molar-refractivity contribution in [2.45, 2.75) is 6.92 Å². The van der Waals surface area contributed by atoms with Crippen LogP contribution in [0.3, 0.4) is 0 Å². The van der Waals surface area contributed by atoms with Crippen LogP contribution in [0.2, 0.25) is 0 Å². The molecule has 1 heterocycles. The first-order chi connectivity index (χ1) is 8.60. The van der Waals surface area contributed by atoms with Gasteiger partial charge >= 0.3 is 0 Å². The minimum absolute atomic E-state index is 0.247. The van der Waals surface area contributed by atoms with Gasteiger partial charge in [-0.2, -0.15) is 5.26 Å². The van der Waals surface area contributed by atoms with Gasteiger partial charge in [-0.1, -0.05) is 6.07 Å². The fourth-order valence-corrected chi connectivity index (χ4v) is 2.00. The van der Waals surface area contributed by atoms with E-state index in [1.54, 1.807) is 0 Å². The zero-order valence-electron chi connectivity index (χ0n) is 9.64. The third kappa shape index (κ3) is 2.60. The minimum atomic E-state index is 0.247. The van der Waals surface area contributed by atoms with Crippen molar-refractivity contribution in [3.05, 3.63) is 46.1 Å². The standard InChI is InChI=1S/C13H10BrN3O/c1-8-2-3-12(11(14)4-8)18-13-9(6-15)5-10(16)7-17-13/h2-5,7H,16H2,1H3. The highest BCUT2D eigenvalue weighted by atomic mass is 79.9. The number of hydrogen-bond acceptors (Lipinski definition) is 4. The van der Waals surface area contributed by atoms with Gasteiger partial charge in [0.15, 0.2) is 0 Å². The Morgan fingerprint density at radius 1 is 1.39 bits per heavy atom. The van der Waals surface area contributed by atoms with E-state index in [1.807, 2.05) is 31.2 Å². The summed E-state index contributed by atoms with van der Waals surface area (Å²) in [6.45, 7) is 1.98. The Bertz CT molecular complexity index is 635. The van der Waals surface area contributed by atoms with Crippen LogP contribution in [0.5, 0.6) is 11.6 Å². The lowest BCUT2D eigenvalue weighted by Crippen LogP contribution is -1.95. The van der Waals surface area contributed by atoms with Crippen LogP contribution in [0.25, 0.3) is 0 Å². The molecule has 0 atom stereocenters. The molecule has 2 N–H and O–H groups in total. The number of nitriles is 1. The fraction of sp³-hybridized carbons (Fsp3) is 0.0769. The third-order valence-corrected chi connectivity index (χ3v) is 2.91. The Morgan fingerprint density at radius 3 is 2.83 bits per heavy atom. The number of aromatic nitrogens is 1. The summed E-state index contributed by atoms with van der Waals surface area (Å²) in [5.74, 6) is 0.852. The summed E-state index contributed by atoms with van der Waals surface area (Å²) < 4.78 is 6.42. The van der Waals surface area contributed by atoms with Crippen molar-refractivity contribution in [1.29, 1.82) is 5.26 Å². The van der Waals surface area contributed by atoms with E-state index >= 15 is 0 Å². The summed E-state index contributed by atoms with van der Waals surface area (Å²) in [7, 11) is 0. The SMILES string of the molecule is Cc1ccc(Oc2ncc(N)cc2C#N)c(Br)c1. The molecule has 0 aliphatic heterocycles. The Balaban J connectivity index is 2.37. The molecular formula is C13H10BrN3O. The average Bonchev–Trinajstić information content (AvgIpc) is 2.34. The summed E-state index contributed by atoms with van der Waals surface area (Å²) >= 11 is 3.41. The van der Waals surface area contributed by atoms with Crippen LogP contribution in [0.1, 0.15) is 11.1 Å². The van der Waals surface area contributed by atoms with Crippen molar-refractivity contribution >= 4 is 21.6 Å². The Morgan fingerprint density at radius 2 is 2.17 bits per heavy atom. The largest absolute Gasteiger partial charge is 0.436 e. The molecule has 0 saturated carbocycles. The summed E-state index contributed by atoms with van der Waals surface area (Å²) in [4.78, 5) is 4.02. The van der Waals surface area contributed by atoms with Crippen LogP contribution in [0, 0.1) is 18.3 Å². The molecule has 18 heavy (non-hydrogen) atoms. The summed E-state index contributed by atoms with van der Waals surface area (Å²) in [6.07, 6.45) is 1.46. The number of aryl methyl sites for hydroxylation is 1. The van der Waals surface area contributed by atoms with Crippen molar-refractivity contribution in [3.63, 3.8) is 0 Å². The second-order valence-electron chi connectivity index (χ2n) is 3.77. The molecule has 5 heteroatoms. The second-order valence-corrected chi connectivity index (χ2v) is 4.62. The number of nitrogen functional groups attached to an aromatic ring is 1. The monoisotopic (exact) mass is 303 g/mol. The number of nitrogens with two attached hydrogens (primary N) is 1. The molecule has 4 nitrogen and oxygen atoms in total. The number of benzene rings is 1. The quantitative estimate of drug-likeness (QED) is 0.923. The number of nitrogens with zero attached hydrogens (tertiary/aromatic N) is 2. The van der Waals surface area contributed by atoms with Crippen LogP contribution in [0.15, 0.2) is 34.9 Å². The summed E-state index contributed by atoms with van der Waals surface area (Å²) in [5, 5.41) is 9.00. The Hall–Kier alpha value is -2.06. The van der Waals surface area contributed by atoms with Gasteiger partial charge < -0.3 is 10.5 Å². The Labute approximate surface area is 113 Å². The van der Waals surface area contributed by atoms with Gasteiger partial charge in [-0.15, -0.1) is 0 Å². The third-order valence-electron chi connectivity index (χ3n) is 2.29. The van der Waals surface area contributed by atoms with Crippen molar-refractivity contribution in [1.82, 2.24) is 4.98 Å². The average molecular weight is 304 g/mol. The summed E-state index contributed by atoms with van der Waals surface area (Å²) in [6, 6.07) is 9.20. The summed E-state index contributed by atoms with van der Waals surface area (Å²) in [5.41, 5.74) is 7.42. The number of anilines is 1. The lowest BCUT2D eigenvalue weighted by molar-refractivity contribution is 0.458. The molecule has 0 radical (unpaired) electrons. The zero-order chi connectivity index (χ0) is 13.1. The highest BCUT2D eigenvalue weighted by Crippen LogP contribution is 2.31. The highest BCUT2D eigenvalue weighted by Gasteiger charge is 2.09. The van der Waals surface area contributed by atoms with Gasteiger partial charge in [-0.25, -0.2) is 4.98 Å². The molecule has 1 aromatic carbocycles. The van der Waals surface area contributed by atoms with E-state index in [0.29, 0.717) is 17.0 Å². The molecule has 0 bridgehead atoms. The van der Waals surface area contributed by atoms with Gasteiger partial charge in [0.05, 0.1) is 16.4 Å². The van der Waals surface area contributed by atoms with E-state index in [1.165, 1.54) is 12.3 Å². The number of halogens is 1. The van der Waals surface area contributed by atoms with Crippen LogP contribution < -0.4 is 10.5 Å². The zero-order valence-corrected chi connectivity index (χ0v) is 11.2. The molecule has 2 aromatic rings. The maximum Gasteiger partial charge on any atom is 0.237 e. The van der Waals surface area contributed by atoms with Gasteiger partial charge in [0.2, 0.25) is 5.88 Å².